The van der Waals surface area contributed by atoms with Crippen molar-refractivity contribution in [2.45, 2.75) is 45.6 Å². The molecule has 0 aromatic rings. The maximum Gasteiger partial charge on any atom is 0.0593 e. The molecule has 0 aliphatic heterocycles. The van der Waals surface area contributed by atoms with Crippen molar-refractivity contribution in [2.75, 3.05) is 39.4 Å². The van der Waals surface area contributed by atoms with Crippen LogP contribution < -0.4 is 5.32 Å². The van der Waals surface area contributed by atoms with E-state index < -0.39 is 0 Å². The van der Waals surface area contributed by atoms with Crippen molar-refractivity contribution < 1.29 is 4.74 Å². The number of hydrogen-bond acceptors (Lipinski definition) is 3. The molecule has 0 heterocycles. The van der Waals surface area contributed by atoms with Crippen molar-refractivity contribution in [1.29, 1.82) is 0 Å². The molecule has 106 valence electrons. The third-order valence-electron chi connectivity index (χ3n) is 4.27. The lowest BCUT2D eigenvalue weighted by Crippen LogP contribution is -2.40. The monoisotopic (exact) mass is 254 g/mol. The molecule has 0 saturated heterocycles. The number of nitrogens with one attached hydrogen (secondary N) is 1. The molecule has 0 aromatic carbocycles. The zero-order valence-corrected chi connectivity index (χ0v) is 12.2. The van der Waals surface area contributed by atoms with Crippen LogP contribution in [0.4, 0.5) is 0 Å². The van der Waals surface area contributed by atoms with Crippen LogP contribution in [-0.4, -0.2) is 50.3 Å². The van der Waals surface area contributed by atoms with E-state index >= 15 is 0 Å². The van der Waals surface area contributed by atoms with Crippen molar-refractivity contribution in [1.82, 2.24) is 10.2 Å². The summed E-state index contributed by atoms with van der Waals surface area (Å²) in [5, 5.41) is 3.82. The van der Waals surface area contributed by atoms with Gasteiger partial charge in [0.15, 0.2) is 0 Å². The normalized spacial score (nSPS) is 20.0. The first-order chi connectivity index (χ1) is 8.85. The molecule has 2 rings (SSSR count). The van der Waals surface area contributed by atoms with Crippen molar-refractivity contribution in [3.63, 3.8) is 0 Å². The Labute approximate surface area is 112 Å². The van der Waals surface area contributed by atoms with Gasteiger partial charge in [-0.05, 0) is 51.0 Å². The fourth-order valence-corrected chi connectivity index (χ4v) is 2.78. The van der Waals surface area contributed by atoms with E-state index in [1.807, 2.05) is 0 Å². The summed E-state index contributed by atoms with van der Waals surface area (Å²) < 4.78 is 5.43. The van der Waals surface area contributed by atoms with Gasteiger partial charge < -0.3 is 15.0 Å². The average Bonchev–Trinajstić information content (AvgIpc) is 3.26. The van der Waals surface area contributed by atoms with Gasteiger partial charge in [0.2, 0.25) is 0 Å². The van der Waals surface area contributed by atoms with E-state index in [9.17, 15) is 0 Å². The van der Waals surface area contributed by atoms with E-state index in [1.54, 1.807) is 0 Å². The number of ether oxygens (including phenoxy) is 1. The molecule has 18 heavy (non-hydrogen) atoms. The average molecular weight is 254 g/mol. The van der Waals surface area contributed by atoms with Crippen LogP contribution in [0.2, 0.25) is 0 Å². The van der Waals surface area contributed by atoms with Gasteiger partial charge in [-0.2, -0.15) is 0 Å². The Balaban J connectivity index is 1.56. The summed E-state index contributed by atoms with van der Waals surface area (Å²) in [6.45, 7) is 10.5. The van der Waals surface area contributed by atoms with Crippen molar-refractivity contribution in [3.8, 4) is 0 Å². The highest BCUT2D eigenvalue weighted by atomic mass is 16.5. The number of rotatable bonds is 11. The highest BCUT2D eigenvalue weighted by molar-refractivity contribution is 4.96. The van der Waals surface area contributed by atoms with Gasteiger partial charge in [0.05, 0.1) is 6.61 Å². The van der Waals surface area contributed by atoms with Crippen LogP contribution in [0.15, 0.2) is 0 Å². The molecule has 1 N–H and O–H groups in total. The first-order valence-electron chi connectivity index (χ1n) is 7.88. The Bertz CT molecular complexity index is 215. The van der Waals surface area contributed by atoms with Gasteiger partial charge in [0.1, 0.15) is 0 Å². The number of hydrogen-bond donors (Lipinski definition) is 1. The third-order valence-corrected chi connectivity index (χ3v) is 4.27. The SMILES string of the molecule is CCOCCN(CC)CCNC(C1CC1)C1CC1. The van der Waals surface area contributed by atoms with Crippen molar-refractivity contribution in [2.24, 2.45) is 11.8 Å². The second-order valence-corrected chi connectivity index (χ2v) is 5.79. The molecular formula is C15H30N2O. The molecule has 2 aliphatic rings. The van der Waals surface area contributed by atoms with E-state index in [4.69, 9.17) is 4.74 Å². The molecule has 0 amide bonds. The highest BCUT2D eigenvalue weighted by Crippen LogP contribution is 2.44. The van der Waals surface area contributed by atoms with Crippen LogP contribution in [0.1, 0.15) is 39.5 Å². The molecule has 0 spiro atoms. The van der Waals surface area contributed by atoms with E-state index in [-0.39, 0.29) is 0 Å². The minimum absolute atomic E-state index is 0.835. The van der Waals surface area contributed by atoms with Gasteiger partial charge in [0.25, 0.3) is 0 Å². The minimum Gasteiger partial charge on any atom is -0.380 e. The largest absolute Gasteiger partial charge is 0.380 e. The molecule has 0 unspecified atom stereocenters. The first kappa shape index (κ1) is 14.3. The van der Waals surface area contributed by atoms with Crippen LogP contribution in [0, 0.1) is 11.8 Å². The maximum absolute atomic E-state index is 5.43. The van der Waals surface area contributed by atoms with Crippen LogP contribution in [0.5, 0.6) is 0 Å². The Morgan fingerprint density at radius 2 is 1.78 bits per heavy atom. The molecule has 2 fully saturated rings. The van der Waals surface area contributed by atoms with Gasteiger partial charge in [-0.3, -0.25) is 0 Å². The molecule has 0 radical (unpaired) electrons. The van der Waals surface area contributed by atoms with Crippen molar-refractivity contribution in [3.05, 3.63) is 0 Å². The predicted octanol–water partition coefficient (Wildman–Crippen LogP) is 2.12. The van der Waals surface area contributed by atoms with E-state index in [1.165, 1.54) is 32.2 Å². The fraction of sp³-hybridized carbons (Fsp3) is 1.00. The topological polar surface area (TPSA) is 24.5 Å². The highest BCUT2D eigenvalue weighted by Gasteiger charge is 2.40. The smallest absolute Gasteiger partial charge is 0.0593 e. The summed E-state index contributed by atoms with van der Waals surface area (Å²) in [4.78, 5) is 2.49. The first-order valence-corrected chi connectivity index (χ1v) is 7.88. The minimum atomic E-state index is 0.835. The van der Waals surface area contributed by atoms with E-state index in [0.717, 1.165) is 50.7 Å². The molecule has 3 nitrogen and oxygen atoms in total. The van der Waals surface area contributed by atoms with Crippen molar-refractivity contribution >= 4 is 0 Å². The molecular weight excluding hydrogens is 224 g/mol. The van der Waals surface area contributed by atoms with Crippen LogP contribution in [0.25, 0.3) is 0 Å². The van der Waals surface area contributed by atoms with Gasteiger partial charge in [-0.15, -0.1) is 0 Å². The van der Waals surface area contributed by atoms with Crippen LogP contribution >= 0.6 is 0 Å². The second kappa shape index (κ2) is 7.46. The quantitative estimate of drug-likeness (QED) is 0.572. The Morgan fingerprint density at radius 1 is 1.11 bits per heavy atom. The van der Waals surface area contributed by atoms with Gasteiger partial charge in [0, 0.05) is 32.3 Å². The van der Waals surface area contributed by atoms with Crippen LogP contribution in [-0.2, 0) is 4.74 Å². The lowest BCUT2D eigenvalue weighted by Gasteiger charge is -2.23. The summed E-state index contributed by atoms with van der Waals surface area (Å²) in [7, 11) is 0. The van der Waals surface area contributed by atoms with E-state index in [0.29, 0.717) is 0 Å². The summed E-state index contributed by atoms with van der Waals surface area (Å²) in [6.07, 6.45) is 5.87. The molecule has 0 atom stereocenters. The lowest BCUT2D eigenvalue weighted by molar-refractivity contribution is 0.115. The summed E-state index contributed by atoms with van der Waals surface area (Å²) in [6, 6.07) is 0.843. The molecule has 2 aliphatic carbocycles. The maximum atomic E-state index is 5.43. The van der Waals surface area contributed by atoms with E-state index in [2.05, 4.69) is 24.1 Å². The fourth-order valence-electron chi connectivity index (χ4n) is 2.78. The van der Waals surface area contributed by atoms with Gasteiger partial charge >= 0.3 is 0 Å². The van der Waals surface area contributed by atoms with Crippen LogP contribution in [0.3, 0.4) is 0 Å². The van der Waals surface area contributed by atoms with Gasteiger partial charge in [-0.1, -0.05) is 6.92 Å². The third kappa shape index (κ3) is 4.87. The van der Waals surface area contributed by atoms with Gasteiger partial charge in [-0.25, -0.2) is 0 Å². The lowest BCUT2D eigenvalue weighted by atomic mass is 10.1. The molecule has 3 heteroatoms. The summed E-state index contributed by atoms with van der Waals surface area (Å²) in [5.74, 6) is 2.02. The molecule has 0 bridgehead atoms. The Morgan fingerprint density at radius 3 is 2.28 bits per heavy atom. The predicted molar refractivity (Wildman–Crippen MR) is 75.8 cm³/mol. The zero-order chi connectivity index (χ0) is 12.8. The number of likely N-dealkylation sites (N-methyl/N-ethyl adjacent to an activating group) is 1. The standard InChI is InChI=1S/C15H30N2O/c1-3-17(11-12-18-4-2)10-9-16-15(13-5-6-13)14-7-8-14/h13-16H,3-12H2,1-2H3. The summed E-state index contributed by atoms with van der Waals surface area (Å²) in [5.41, 5.74) is 0. The Hall–Kier alpha value is -0.120. The molecule has 0 aromatic heterocycles. The second-order valence-electron chi connectivity index (χ2n) is 5.79. The molecule has 2 saturated carbocycles. The Kier molecular flexibility index (Phi) is 5.93. The number of nitrogens with zero attached hydrogens (tertiary/aromatic N) is 1. The summed E-state index contributed by atoms with van der Waals surface area (Å²) >= 11 is 0. The zero-order valence-electron chi connectivity index (χ0n) is 12.2.